The maximum Gasteiger partial charge on any atom is 0.169 e. The largest absolute Gasteiger partial charge is 0.377 e. The van der Waals surface area contributed by atoms with Crippen molar-refractivity contribution in [2.45, 2.75) is 69.0 Å². The lowest BCUT2D eigenvalue weighted by atomic mass is 9.95. The third kappa shape index (κ3) is 3.22. The molecule has 2 heterocycles. The number of rotatable bonds is 8. The lowest BCUT2D eigenvalue weighted by molar-refractivity contribution is -0.155. The molecule has 5 rings (SSSR count). The van der Waals surface area contributed by atoms with E-state index in [-0.39, 0.29) is 11.4 Å². The van der Waals surface area contributed by atoms with Crippen molar-refractivity contribution in [3.8, 4) is 0 Å². The van der Waals surface area contributed by atoms with Crippen LogP contribution in [0.3, 0.4) is 0 Å². The van der Waals surface area contributed by atoms with Gasteiger partial charge in [0.1, 0.15) is 0 Å². The molecule has 0 aromatic heterocycles. The van der Waals surface area contributed by atoms with Gasteiger partial charge in [-0.15, -0.1) is 0 Å². The molecule has 1 spiro atoms. The Labute approximate surface area is 156 Å². The molecule has 4 heteroatoms. The quantitative estimate of drug-likeness (QED) is 0.519. The van der Waals surface area contributed by atoms with E-state index >= 15 is 0 Å². The number of hydrogen-bond acceptors (Lipinski definition) is 4. The maximum absolute atomic E-state index is 6.20. The Kier molecular flexibility index (Phi) is 4.56. The fourth-order valence-electron chi connectivity index (χ4n) is 5.65. The minimum Gasteiger partial charge on any atom is -0.377 e. The molecule has 0 amide bonds. The SMILES string of the molecule is c1ccc(COCCCCC[C@]23CC4CC5(CC4[C@@H]2O3)OCCO5)cc1. The highest BCUT2D eigenvalue weighted by atomic mass is 16.7. The molecule has 142 valence electrons. The van der Waals surface area contributed by atoms with Gasteiger partial charge < -0.3 is 18.9 Å². The summed E-state index contributed by atoms with van der Waals surface area (Å²) in [4.78, 5) is 0. The van der Waals surface area contributed by atoms with E-state index in [1.807, 2.05) is 6.07 Å². The molecule has 2 saturated carbocycles. The second-order valence-electron chi connectivity index (χ2n) is 8.60. The Morgan fingerprint density at radius 3 is 2.62 bits per heavy atom. The summed E-state index contributed by atoms with van der Waals surface area (Å²) in [5.74, 6) is 1.17. The summed E-state index contributed by atoms with van der Waals surface area (Å²) < 4.78 is 23.8. The van der Waals surface area contributed by atoms with Crippen molar-refractivity contribution in [2.24, 2.45) is 11.8 Å². The van der Waals surface area contributed by atoms with E-state index in [9.17, 15) is 0 Å². The van der Waals surface area contributed by atoms with Gasteiger partial charge in [-0.2, -0.15) is 0 Å². The van der Waals surface area contributed by atoms with Crippen LogP contribution in [0.25, 0.3) is 0 Å². The number of unbranched alkanes of at least 4 members (excludes halogenated alkanes) is 2. The van der Waals surface area contributed by atoms with Crippen molar-refractivity contribution >= 4 is 0 Å². The fraction of sp³-hybridized carbons (Fsp3) is 0.727. The van der Waals surface area contributed by atoms with Gasteiger partial charge in [-0.25, -0.2) is 0 Å². The third-order valence-corrected chi connectivity index (χ3v) is 6.86. The van der Waals surface area contributed by atoms with Crippen LogP contribution in [0.5, 0.6) is 0 Å². The van der Waals surface area contributed by atoms with Crippen molar-refractivity contribution < 1.29 is 18.9 Å². The van der Waals surface area contributed by atoms with Crippen LogP contribution in [-0.4, -0.2) is 37.3 Å². The van der Waals surface area contributed by atoms with Gasteiger partial charge in [0.15, 0.2) is 5.79 Å². The van der Waals surface area contributed by atoms with Crippen molar-refractivity contribution in [1.82, 2.24) is 0 Å². The van der Waals surface area contributed by atoms with Crippen LogP contribution in [0.15, 0.2) is 30.3 Å². The lowest BCUT2D eigenvalue weighted by Gasteiger charge is -2.22. The van der Waals surface area contributed by atoms with Gasteiger partial charge in [-0.1, -0.05) is 43.2 Å². The predicted molar refractivity (Wildman–Crippen MR) is 97.6 cm³/mol. The van der Waals surface area contributed by atoms with E-state index < -0.39 is 0 Å². The van der Waals surface area contributed by atoms with Crippen LogP contribution in [0, 0.1) is 11.8 Å². The number of benzene rings is 1. The molecule has 4 aliphatic rings. The van der Waals surface area contributed by atoms with Gasteiger partial charge in [0.05, 0.1) is 31.5 Å². The number of epoxide rings is 1. The average Bonchev–Trinajstić information content (AvgIpc) is 2.96. The number of fused-ring (bicyclic) bond motifs is 3. The molecule has 1 aromatic carbocycles. The second-order valence-corrected chi connectivity index (χ2v) is 8.60. The molecular formula is C22H30O4. The standard InChI is InChI=1S/C22H30O4/c1-3-7-17(8-4-1)16-23-10-6-2-5-9-21-13-18-14-22(24-11-12-25-22)15-19(18)20(21)26-21/h1,3-4,7-8,18-20H,2,5-6,9-16H2/t18?,19?,20-,21-/m0/s1. The van der Waals surface area contributed by atoms with Crippen LogP contribution in [0.1, 0.15) is 50.5 Å². The summed E-state index contributed by atoms with van der Waals surface area (Å²) in [5, 5.41) is 0. The van der Waals surface area contributed by atoms with E-state index in [0.29, 0.717) is 12.0 Å². The smallest absolute Gasteiger partial charge is 0.169 e. The van der Waals surface area contributed by atoms with Crippen LogP contribution >= 0.6 is 0 Å². The molecule has 0 N–H and O–H groups in total. The van der Waals surface area contributed by atoms with Crippen LogP contribution < -0.4 is 0 Å². The number of ether oxygens (including phenoxy) is 4. The molecule has 2 aliphatic carbocycles. The first kappa shape index (κ1) is 17.2. The molecule has 26 heavy (non-hydrogen) atoms. The highest BCUT2D eigenvalue weighted by molar-refractivity contribution is 5.18. The monoisotopic (exact) mass is 358 g/mol. The summed E-state index contributed by atoms with van der Waals surface area (Å²) >= 11 is 0. The third-order valence-electron chi connectivity index (χ3n) is 6.86. The Morgan fingerprint density at radius 1 is 0.962 bits per heavy atom. The van der Waals surface area contributed by atoms with E-state index in [0.717, 1.165) is 51.6 Å². The topological polar surface area (TPSA) is 40.2 Å². The van der Waals surface area contributed by atoms with Gasteiger partial charge in [-0.05, 0) is 36.7 Å². The molecule has 4 atom stereocenters. The summed E-state index contributed by atoms with van der Waals surface area (Å²) in [6, 6.07) is 10.4. The van der Waals surface area contributed by atoms with Crippen molar-refractivity contribution in [2.75, 3.05) is 19.8 Å². The molecule has 4 nitrogen and oxygen atoms in total. The average molecular weight is 358 g/mol. The van der Waals surface area contributed by atoms with E-state index in [1.54, 1.807) is 0 Å². The fourth-order valence-corrected chi connectivity index (χ4v) is 5.65. The van der Waals surface area contributed by atoms with Gasteiger partial charge >= 0.3 is 0 Å². The Morgan fingerprint density at radius 2 is 1.81 bits per heavy atom. The molecule has 2 aliphatic heterocycles. The lowest BCUT2D eigenvalue weighted by Crippen LogP contribution is -2.28. The maximum atomic E-state index is 6.20. The number of hydrogen-bond donors (Lipinski definition) is 0. The summed E-state index contributed by atoms with van der Waals surface area (Å²) in [5.41, 5.74) is 1.46. The molecule has 2 saturated heterocycles. The van der Waals surface area contributed by atoms with E-state index in [2.05, 4.69) is 24.3 Å². The highest BCUT2D eigenvalue weighted by Crippen LogP contribution is 2.65. The molecule has 0 radical (unpaired) electrons. The van der Waals surface area contributed by atoms with Gasteiger partial charge in [0.2, 0.25) is 0 Å². The van der Waals surface area contributed by atoms with Gasteiger partial charge in [-0.3, -0.25) is 0 Å². The van der Waals surface area contributed by atoms with Crippen LogP contribution in [0.2, 0.25) is 0 Å². The normalized spacial score (nSPS) is 36.4. The zero-order chi connectivity index (χ0) is 17.5. The predicted octanol–water partition coefficient (Wildman–Crippen LogP) is 4.07. The van der Waals surface area contributed by atoms with Crippen molar-refractivity contribution in [3.05, 3.63) is 35.9 Å². The minimum atomic E-state index is -0.246. The summed E-state index contributed by atoms with van der Waals surface area (Å²) in [6.45, 7) is 3.12. The summed E-state index contributed by atoms with van der Waals surface area (Å²) in [7, 11) is 0. The van der Waals surface area contributed by atoms with Gasteiger partial charge in [0.25, 0.3) is 0 Å². The highest BCUT2D eigenvalue weighted by Gasteiger charge is 2.71. The Balaban J connectivity index is 0.986. The molecular weight excluding hydrogens is 328 g/mol. The Hall–Kier alpha value is -0.940. The van der Waals surface area contributed by atoms with Crippen LogP contribution in [-0.2, 0) is 25.6 Å². The van der Waals surface area contributed by atoms with E-state index in [1.165, 1.54) is 31.2 Å². The zero-order valence-corrected chi connectivity index (χ0v) is 15.5. The second kappa shape index (κ2) is 6.90. The summed E-state index contributed by atoms with van der Waals surface area (Å²) in [6.07, 6.45) is 8.70. The first-order valence-electron chi connectivity index (χ1n) is 10.4. The molecule has 2 unspecified atom stereocenters. The molecule has 0 bridgehead atoms. The van der Waals surface area contributed by atoms with E-state index in [4.69, 9.17) is 18.9 Å². The molecule has 4 fully saturated rings. The van der Waals surface area contributed by atoms with Crippen LogP contribution in [0.4, 0.5) is 0 Å². The van der Waals surface area contributed by atoms with Crippen molar-refractivity contribution in [3.63, 3.8) is 0 Å². The zero-order valence-electron chi connectivity index (χ0n) is 15.5. The minimum absolute atomic E-state index is 0.209. The molecule has 1 aromatic rings. The first-order valence-corrected chi connectivity index (χ1v) is 10.4. The van der Waals surface area contributed by atoms with Crippen molar-refractivity contribution in [1.29, 1.82) is 0 Å². The first-order chi connectivity index (χ1) is 12.8. The van der Waals surface area contributed by atoms with Gasteiger partial charge in [0, 0.05) is 19.4 Å². The Bertz CT molecular complexity index is 612.